The molecule has 6 heteroatoms. The largest absolute Gasteiger partial charge is 0.475 e. The first kappa shape index (κ1) is 10.1. The van der Waals surface area contributed by atoms with Gasteiger partial charge in [0.25, 0.3) is 0 Å². The highest BCUT2D eigenvalue weighted by molar-refractivity contribution is 7.18. The van der Waals surface area contributed by atoms with E-state index in [-0.39, 0.29) is 19.2 Å². The Hall–Kier alpha value is -1.40. The van der Waals surface area contributed by atoms with Gasteiger partial charge in [-0.25, -0.2) is 4.98 Å². The number of ether oxygens (including phenoxy) is 1. The fraction of sp³-hybridized carbons (Fsp3) is 0.333. The van der Waals surface area contributed by atoms with Gasteiger partial charge in [-0.2, -0.15) is 4.98 Å². The molecule has 2 heterocycles. The number of fused-ring (bicyclic) bond motifs is 1. The van der Waals surface area contributed by atoms with Crippen LogP contribution in [0.15, 0.2) is 6.07 Å². The number of rotatable bonds is 3. The molecule has 80 valence electrons. The van der Waals surface area contributed by atoms with Gasteiger partial charge in [-0.1, -0.05) is 0 Å². The summed E-state index contributed by atoms with van der Waals surface area (Å²) in [7, 11) is 0. The van der Waals surface area contributed by atoms with Crippen LogP contribution in [0.2, 0.25) is 0 Å². The number of aryl methyl sites for hydroxylation is 1. The minimum Gasteiger partial charge on any atom is -0.475 e. The van der Waals surface area contributed by atoms with Gasteiger partial charge >= 0.3 is 0 Å². The number of hydrogen-bond donors (Lipinski definition) is 2. The average Bonchev–Trinajstić information content (AvgIpc) is 2.54. The average molecular weight is 225 g/mol. The molecule has 15 heavy (non-hydrogen) atoms. The lowest BCUT2D eigenvalue weighted by Crippen LogP contribution is -2.05. The third-order valence-corrected chi connectivity index (χ3v) is 2.77. The Kier molecular flexibility index (Phi) is 2.70. The van der Waals surface area contributed by atoms with Crippen LogP contribution in [0.4, 0.5) is 5.95 Å². The quantitative estimate of drug-likeness (QED) is 0.813. The summed E-state index contributed by atoms with van der Waals surface area (Å²) in [6.45, 7) is 2.15. The van der Waals surface area contributed by atoms with Crippen molar-refractivity contribution in [2.75, 3.05) is 18.9 Å². The zero-order valence-electron chi connectivity index (χ0n) is 8.23. The van der Waals surface area contributed by atoms with E-state index in [0.717, 1.165) is 15.1 Å². The molecule has 0 radical (unpaired) electrons. The second-order valence-electron chi connectivity index (χ2n) is 3.03. The molecule has 5 nitrogen and oxygen atoms in total. The summed E-state index contributed by atoms with van der Waals surface area (Å²) in [5.41, 5.74) is 5.55. The van der Waals surface area contributed by atoms with Crippen LogP contribution in [0.25, 0.3) is 10.2 Å². The summed E-state index contributed by atoms with van der Waals surface area (Å²) in [6, 6.07) is 1.95. The molecular weight excluding hydrogens is 214 g/mol. The lowest BCUT2D eigenvalue weighted by Gasteiger charge is -2.04. The minimum atomic E-state index is -0.0471. The number of aliphatic hydroxyl groups is 1. The van der Waals surface area contributed by atoms with Crippen LogP contribution in [0.3, 0.4) is 0 Å². The van der Waals surface area contributed by atoms with Crippen LogP contribution in [0.1, 0.15) is 4.88 Å². The summed E-state index contributed by atoms with van der Waals surface area (Å²) in [4.78, 5) is 10.0. The van der Waals surface area contributed by atoms with Crippen LogP contribution in [-0.4, -0.2) is 28.3 Å². The summed E-state index contributed by atoms with van der Waals surface area (Å²) in [5.74, 6) is 0.633. The first-order valence-corrected chi connectivity index (χ1v) is 5.29. The molecule has 2 aromatic rings. The van der Waals surface area contributed by atoms with Gasteiger partial charge in [-0.3, -0.25) is 0 Å². The molecule has 0 aliphatic rings. The van der Waals surface area contributed by atoms with Gasteiger partial charge in [0.05, 0.1) is 12.0 Å². The number of thiophene rings is 1. The van der Waals surface area contributed by atoms with Gasteiger partial charge in [0, 0.05) is 4.88 Å². The third-order valence-electron chi connectivity index (χ3n) is 1.83. The van der Waals surface area contributed by atoms with E-state index < -0.39 is 0 Å². The molecule has 3 N–H and O–H groups in total. The van der Waals surface area contributed by atoms with Crippen molar-refractivity contribution in [2.24, 2.45) is 0 Å². The summed E-state index contributed by atoms with van der Waals surface area (Å²) >= 11 is 1.54. The first-order chi connectivity index (χ1) is 7.20. The standard InChI is InChI=1S/C9H11N3O2S/c1-5-4-6-7(14-3-2-13)11-9(10)12-8(6)15-5/h4,13H,2-3H2,1H3,(H2,10,11,12). The molecule has 0 aromatic carbocycles. The summed E-state index contributed by atoms with van der Waals surface area (Å²) < 4.78 is 5.29. The van der Waals surface area contributed by atoms with Crippen LogP contribution in [-0.2, 0) is 0 Å². The smallest absolute Gasteiger partial charge is 0.227 e. The predicted octanol–water partition coefficient (Wildman–Crippen LogP) is 0.953. The highest BCUT2D eigenvalue weighted by Gasteiger charge is 2.09. The number of hydrogen-bond acceptors (Lipinski definition) is 6. The normalized spacial score (nSPS) is 10.8. The van der Waals surface area contributed by atoms with E-state index >= 15 is 0 Å². The Morgan fingerprint density at radius 3 is 3.07 bits per heavy atom. The van der Waals surface area contributed by atoms with Crippen molar-refractivity contribution in [2.45, 2.75) is 6.92 Å². The monoisotopic (exact) mass is 225 g/mol. The number of aromatic nitrogens is 2. The second kappa shape index (κ2) is 4.00. The lowest BCUT2D eigenvalue weighted by atomic mass is 10.3. The van der Waals surface area contributed by atoms with E-state index in [1.807, 2.05) is 13.0 Å². The fourth-order valence-electron chi connectivity index (χ4n) is 1.28. The second-order valence-corrected chi connectivity index (χ2v) is 4.27. The number of anilines is 1. The fourth-order valence-corrected chi connectivity index (χ4v) is 2.16. The third kappa shape index (κ3) is 2.00. The Bertz CT molecular complexity index is 483. The molecular formula is C9H11N3O2S. The Morgan fingerprint density at radius 2 is 2.33 bits per heavy atom. The Labute approximate surface area is 90.5 Å². The SMILES string of the molecule is Cc1cc2c(OCCO)nc(N)nc2s1. The van der Waals surface area contributed by atoms with E-state index in [9.17, 15) is 0 Å². The molecule has 0 aliphatic carbocycles. The molecule has 0 unspecified atom stereocenters. The van der Waals surface area contributed by atoms with Crippen molar-refractivity contribution >= 4 is 27.5 Å². The van der Waals surface area contributed by atoms with Crippen LogP contribution in [0, 0.1) is 6.92 Å². The zero-order valence-corrected chi connectivity index (χ0v) is 9.04. The first-order valence-electron chi connectivity index (χ1n) is 4.48. The van der Waals surface area contributed by atoms with Crippen LogP contribution < -0.4 is 10.5 Å². The zero-order chi connectivity index (χ0) is 10.8. The topological polar surface area (TPSA) is 81.3 Å². The number of nitrogens with zero attached hydrogens (tertiary/aromatic N) is 2. The predicted molar refractivity (Wildman–Crippen MR) is 59.1 cm³/mol. The Balaban J connectivity index is 2.50. The van der Waals surface area contributed by atoms with Crippen LogP contribution in [0.5, 0.6) is 5.88 Å². The van der Waals surface area contributed by atoms with Crippen molar-refractivity contribution < 1.29 is 9.84 Å². The van der Waals surface area contributed by atoms with Crippen molar-refractivity contribution in [1.29, 1.82) is 0 Å². The maximum atomic E-state index is 8.68. The highest BCUT2D eigenvalue weighted by Crippen LogP contribution is 2.30. The molecule has 0 spiro atoms. The van der Waals surface area contributed by atoms with E-state index in [1.165, 1.54) is 0 Å². The molecule has 0 aliphatic heterocycles. The number of nitrogen functional groups attached to an aromatic ring is 1. The summed E-state index contributed by atoms with van der Waals surface area (Å²) in [5, 5.41) is 9.52. The molecule has 0 saturated heterocycles. The van der Waals surface area contributed by atoms with Crippen molar-refractivity contribution in [3.05, 3.63) is 10.9 Å². The van der Waals surface area contributed by atoms with E-state index in [1.54, 1.807) is 11.3 Å². The van der Waals surface area contributed by atoms with Gasteiger partial charge in [0.2, 0.25) is 11.8 Å². The van der Waals surface area contributed by atoms with Gasteiger partial charge in [0.1, 0.15) is 11.4 Å². The van der Waals surface area contributed by atoms with E-state index in [0.29, 0.717) is 5.88 Å². The van der Waals surface area contributed by atoms with E-state index in [2.05, 4.69) is 9.97 Å². The molecule has 0 amide bonds. The molecule has 0 fully saturated rings. The number of aliphatic hydroxyl groups excluding tert-OH is 1. The van der Waals surface area contributed by atoms with Crippen LogP contribution >= 0.6 is 11.3 Å². The van der Waals surface area contributed by atoms with Crippen molar-refractivity contribution in [3.8, 4) is 5.88 Å². The van der Waals surface area contributed by atoms with Crippen molar-refractivity contribution in [1.82, 2.24) is 9.97 Å². The molecule has 2 aromatic heterocycles. The van der Waals surface area contributed by atoms with Crippen molar-refractivity contribution in [3.63, 3.8) is 0 Å². The molecule has 0 atom stereocenters. The van der Waals surface area contributed by atoms with Gasteiger partial charge in [-0.15, -0.1) is 11.3 Å². The van der Waals surface area contributed by atoms with E-state index in [4.69, 9.17) is 15.6 Å². The summed E-state index contributed by atoms with van der Waals surface area (Å²) in [6.07, 6.45) is 0. The molecule has 0 saturated carbocycles. The molecule has 0 bridgehead atoms. The van der Waals surface area contributed by atoms with Gasteiger partial charge < -0.3 is 15.6 Å². The Morgan fingerprint density at radius 1 is 1.53 bits per heavy atom. The van der Waals surface area contributed by atoms with Gasteiger partial charge in [0.15, 0.2) is 0 Å². The lowest BCUT2D eigenvalue weighted by molar-refractivity contribution is 0.198. The number of nitrogens with two attached hydrogens (primary N) is 1. The molecule has 2 rings (SSSR count). The minimum absolute atomic E-state index is 0.0471. The highest BCUT2D eigenvalue weighted by atomic mass is 32.1. The van der Waals surface area contributed by atoms with Gasteiger partial charge in [-0.05, 0) is 13.0 Å². The maximum absolute atomic E-state index is 8.68. The maximum Gasteiger partial charge on any atom is 0.227 e.